The van der Waals surface area contributed by atoms with Gasteiger partial charge in [0.2, 0.25) is 0 Å². The second kappa shape index (κ2) is 5.22. The maximum atomic E-state index is 9.26. The number of rotatable bonds is 2. The molecule has 0 radical (unpaired) electrons. The van der Waals surface area contributed by atoms with Gasteiger partial charge in [-0.1, -0.05) is 18.2 Å². The highest BCUT2D eigenvalue weighted by atomic mass is 15.3. The van der Waals surface area contributed by atoms with Crippen molar-refractivity contribution >= 4 is 0 Å². The van der Waals surface area contributed by atoms with Gasteiger partial charge < -0.3 is 0 Å². The molecule has 1 aromatic carbocycles. The van der Waals surface area contributed by atoms with Crippen LogP contribution in [0.4, 0.5) is 0 Å². The number of aryl methyl sites for hydroxylation is 1. The zero-order chi connectivity index (χ0) is 14.8. The van der Waals surface area contributed by atoms with Crippen LogP contribution in [-0.2, 0) is 0 Å². The topological polar surface area (TPSA) is 54.5 Å². The molecule has 21 heavy (non-hydrogen) atoms. The Bertz CT molecular complexity index is 826. The molecule has 0 aliphatic carbocycles. The van der Waals surface area contributed by atoms with Gasteiger partial charge in [-0.3, -0.25) is 4.98 Å². The fourth-order valence-electron chi connectivity index (χ4n) is 2.51. The number of aromatic nitrogens is 3. The minimum atomic E-state index is 0.607. The van der Waals surface area contributed by atoms with Crippen molar-refractivity contribution in [1.29, 1.82) is 5.26 Å². The molecule has 4 heteroatoms. The fraction of sp³-hybridized carbons (Fsp3) is 0.118. The van der Waals surface area contributed by atoms with Gasteiger partial charge >= 0.3 is 0 Å². The van der Waals surface area contributed by atoms with Gasteiger partial charge in [0.1, 0.15) is 6.07 Å². The van der Waals surface area contributed by atoms with Gasteiger partial charge in [-0.25, -0.2) is 4.68 Å². The van der Waals surface area contributed by atoms with E-state index in [0.29, 0.717) is 5.56 Å². The number of para-hydroxylation sites is 1. The minimum absolute atomic E-state index is 0.607. The number of pyridine rings is 1. The highest BCUT2D eigenvalue weighted by molar-refractivity contribution is 5.66. The quantitative estimate of drug-likeness (QED) is 0.719. The van der Waals surface area contributed by atoms with E-state index < -0.39 is 0 Å². The molecule has 0 saturated heterocycles. The summed E-state index contributed by atoms with van der Waals surface area (Å²) in [6, 6.07) is 15.5. The number of nitrogens with zero attached hydrogens (tertiary/aromatic N) is 4. The van der Waals surface area contributed by atoms with E-state index in [-0.39, 0.29) is 0 Å². The Kier molecular flexibility index (Phi) is 3.25. The third-order valence-electron chi connectivity index (χ3n) is 3.47. The van der Waals surface area contributed by atoms with Gasteiger partial charge in [0.15, 0.2) is 0 Å². The zero-order valence-corrected chi connectivity index (χ0v) is 11.9. The van der Waals surface area contributed by atoms with Gasteiger partial charge in [0.05, 0.1) is 28.3 Å². The molecule has 0 fully saturated rings. The van der Waals surface area contributed by atoms with Gasteiger partial charge in [-0.05, 0) is 38.1 Å². The first-order valence-corrected chi connectivity index (χ1v) is 6.69. The molecule has 0 atom stereocenters. The molecule has 0 N–H and O–H groups in total. The van der Waals surface area contributed by atoms with E-state index in [2.05, 4.69) is 16.2 Å². The summed E-state index contributed by atoms with van der Waals surface area (Å²) < 4.78 is 1.82. The molecule has 0 bridgehead atoms. The Morgan fingerprint density at radius 1 is 1.05 bits per heavy atom. The van der Waals surface area contributed by atoms with Crippen LogP contribution in [0.1, 0.15) is 17.0 Å². The second-order valence-electron chi connectivity index (χ2n) is 4.80. The molecule has 4 nitrogen and oxygen atoms in total. The Hall–Kier alpha value is -2.93. The molecule has 0 spiro atoms. The highest BCUT2D eigenvalue weighted by Crippen LogP contribution is 2.27. The Morgan fingerprint density at radius 3 is 2.52 bits per heavy atom. The Labute approximate surface area is 123 Å². The van der Waals surface area contributed by atoms with E-state index in [9.17, 15) is 5.26 Å². The molecule has 2 heterocycles. The van der Waals surface area contributed by atoms with Crippen LogP contribution in [0.15, 0.2) is 48.7 Å². The van der Waals surface area contributed by atoms with Crippen molar-refractivity contribution in [2.45, 2.75) is 13.8 Å². The molecule has 0 aliphatic rings. The lowest BCUT2D eigenvalue weighted by Gasteiger charge is -2.07. The molecule has 0 aliphatic heterocycles. The standard InChI is InChI=1S/C17H14N4/c1-12-17(15-8-5-6-10-19-15)13(2)21(20-12)16-9-4-3-7-14(16)11-18/h3-10H,1-2H3. The Morgan fingerprint density at radius 2 is 1.81 bits per heavy atom. The molecule has 3 rings (SSSR count). The van der Waals surface area contributed by atoms with Crippen molar-refractivity contribution in [3.63, 3.8) is 0 Å². The van der Waals surface area contributed by atoms with Gasteiger partial charge in [0.25, 0.3) is 0 Å². The van der Waals surface area contributed by atoms with Crippen LogP contribution in [0.5, 0.6) is 0 Å². The maximum Gasteiger partial charge on any atom is 0.101 e. The SMILES string of the molecule is Cc1nn(-c2ccccc2C#N)c(C)c1-c1ccccn1. The lowest BCUT2D eigenvalue weighted by Crippen LogP contribution is -2.01. The van der Waals surface area contributed by atoms with Crippen molar-refractivity contribution in [3.8, 4) is 23.0 Å². The van der Waals surface area contributed by atoms with E-state index in [1.54, 1.807) is 12.3 Å². The average molecular weight is 274 g/mol. The summed E-state index contributed by atoms with van der Waals surface area (Å²) in [5, 5.41) is 13.9. The molecular formula is C17H14N4. The third-order valence-corrected chi connectivity index (χ3v) is 3.47. The highest BCUT2D eigenvalue weighted by Gasteiger charge is 2.16. The Balaban J connectivity index is 2.22. The van der Waals surface area contributed by atoms with Crippen molar-refractivity contribution < 1.29 is 0 Å². The van der Waals surface area contributed by atoms with Crippen LogP contribution < -0.4 is 0 Å². The summed E-state index contributed by atoms with van der Waals surface area (Å²) in [5.41, 5.74) is 5.20. The monoisotopic (exact) mass is 274 g/mol. The second-order valence-corrected chi connectivity index (χ2v) is 4.80. The summed E-state index contributed by atoms with van der Waals surface area (Å²) in [7, 11) is 0. The molecule has 0 amide bonds. The van der Waals surface area contributed by atoms with E-state index in [1.807, 2.05) is 54.9 Å². The molecular weight excluding hydrogens is 260 g/mol. The molecule has 0 unspecified atom stereocenters. The number of hydrogen-bond acceptors (Lipinski definition) is 3. The molecule has 0 saturated carbocycles. The minimum Gasteiger partial charge on any atom is -0.256 e. The smallest absolute Gasteiger partial charge is 0.101 e. The third kappa shape index (κ3) is 2.19. The lowest BCUT2D eigenvalue weighted by atomic mass is 10.1. The lowest BCUT2D eigenvalue weighted by molar-refractivity contribution is 0.831. The fourth-order valence-corrected chi connectivity index (χ4v) is 2.51. The van der Waals surface area contributed by atoms with Crippen LogP contribution in [0.2, 0.25) is 0 Å². The van der Waals surface area contributed by atoms with Gasteiger partial charge in [-0.15, -0.1) is 0 Å². The van der Waals surface area contributed by atoms with E-state index in [0.717, 1.165) is 28.3 Å². The van der Waals surface area contributed by atoms with Crippen molar-refractivity contribution in [3.05, 3.63) is 65.6 Å². The summed E-state index contributed by atoms with van der Waals surface area (Å²) in [4.78, 5) is 4.40. The first-order valence-electron chi connectivity index (χ1n) is 6.69. The van der Waals surface area contributed by atoms with E-state index >= 15 is 0 Å². The summed E-state index contributed by atoms with van der Waals surface area (Å²) in [6.45, 7) is 3.96. The predicted molar refractivity (Wildman–Crippen MR) is 81.0 cm³/mol. The number of hydrogen-bond donors (Lipinski definition) is 0. The van der Waals surface area contributed by atoms with Crippen LogP contribution in [-0.4, -0.2) is 14.8 Å². The number of benzene rings is 1. The first kappa shape index (κ1) is 13.1. The normalized spacial score (nSPS) is 10.3. The molecule has 102 valence electrons. The van der Waals surface area contributed by atoms with Crippen LogP contribution in [0.25, 0.3) is 16.9 Å². The maximum absolute atomic E-state index is 9.26. The summed E-state index contributed by atoms with van der Waals surface area (Å²) >= 11 is 0. The van der Waals surface area contributed by atoms with Crippen molar-refractivity contribution in [1.82, 2.24) is 14.8 Å². The molecule has 3 aromatic rings. The van der Waals surface area contributed by atoms with Crippen molar-refractivity contribution in [2.24, 2.45) is 0 Å². The van der Waals surface area contributed by atoms with Crippen LogP contribution in [0, 0.1) is 25.2 Å². The average Bonchev–Trinajstić information content (AvgIpc) is 2.83. The van der Waals surface area contributed by atoms with Crippen molar-refractivity contribution in [2.75, 3.05) is 0 Å². The van der Waals surface area contributed by atoms with E-state index in [1.165, 1.54) is 0 Å². The molecule has 2 aromatic heterocycles. The number of nitriles is 1. The zero-order valence-electron chi connectivity index (χ0n) is 11.9. The summed E-state index contributed by atoms with van der Waals surface area (Å²) in [6.07, 6.45) is 1.77. The summed E-state index contributed by atoms with van der Waals surface area (Å²) in [5.74, 6) is 0. The first-order chi connectivity index (χ1) is 10.2. The van der Waals surface area contributed by atoms with E-state index in [4.69, 9.17) is 0 Å². The van der Waals surface area contributed by atoms with Gasteiger partial charge in [0, 0.05) is 11.8 Å². The van der Waals surface area contributed by atoms with Crippen LogP contribution in [0.3, 0.4) is 0 Å². The predicted octanol–water partition coefficient (Wildman–Crippen LogP) is 3.42. The van der Waals surface area contributed by atoms with Crippen LogP contribution >= 0.6 is 0 Å². The van der Waals surface area contributed by atoms with Gasteiger partial charge in [-0.2, -0.15) is 10.4 Å². The largest absolute Gasteiger partial charge is 0.256 e.